The number of aliphatic hydroxyl groups excluding tert-OH is 3. The van der Waals surface area contributed by atoms with Gasteiger partial charge in [-0.3, -0.25) is 0 Å². The normalized spacial score (nSPS) is 11.8. The van der Waals surface area contributed by atoms with E-state index in [-0.39, 0.29) is 58.0 Å². The lowest BCUT2D eigenvalue weighted by Gasteiger charge is -2.18. The van der Waals surface area contributed by atoms with Crippen molar-refractivity contribution >= 4 is 0 Å². The lowest BCUT2D eigenvalue weighted by Crippen LogP contribution is -2.28. The van der Waals surface area contributed by atoms with E-state index >= 15 is 0 Å². The second-order valence-electron chi connectivity index (χ2n) is 12.3. The van der Waals surface area contributed by atoms with Gasteiger partial charge in [-0.2, -0.15) is 0 Å². The van der Waals surface area contributed by atoms with Crippen LogP contribution in [0.2, 0.25) is 0 Å². The van der Waals surface area contributed by atoms with Gasteiger partial charge >= 0.3 is 0 Å². The van der Waals surface area contributed by atoms with E-state index in [0.29, 0.717) is 159 Å². The standard InChI is InChI=1S/C18H32O6.C15H28O6.C12H24O6/c1-4-7-19-10-12-22-16-18(24-15-14-21-9-6-3)17-23-13-11-20-8-5-2;1-3-6-17-9-10-20-14-15(13-19-8-5-16)21-12-11-18-7-4-2;1-2-5-15-8-9-17-11-12(18-7-4-14)10-16-6-3-13/h4-6,18H,1-3,7-17H2;3-4,15-16H,1-2,5-14H2;2,12-14H,1,3-11H2. The molecule has 3 N–H and O–H groups in total. The molecule has 0 aliphatic rings. The van der Waals surface area contributed by atoms with Crippen molar-refractivity contribution in [2.75, 3.05) is 198 Å². The van der Waals surface area contributed by atoms with Crippen LogP contribution in [0, 0.1) is 0 Å². The molecule has 0 heterocycles. The first-order valence-electron chi connectivity index (χ1n) is 21.3. The highest BCUT2D eigenvalue weighted by Gasteiger charge is 2.12. The van der Waals surface area contributed by atoms with E-state index < -0.39 is 0 Å². The number of ether oxygens (including phenoxy) is 15. The summed E-state index contributed by atoms with van der Waals surface area (Å²) in [5, 5.41) is 26.0. The second kappa shape index (κ2) is 61.8. The summed E-state index contributed by atoms with van der Waals surface area (Å²) in [5.74, 6) is 0. The van der Waals surface area contributed by atoms with Crippen LogP contribution in [0.25, 0.3) is 0 Å². The zero-order valence-corrected chi connectivity index (χ0v) is 38.1. The molecule has 0 saturated carbocycles. The Bertz CT molecular complexity index is 911. The summed E-state index contributed by atoms with van der Waals surface area (Å²) >= 11 is 0. The molecule has 0 aliphatic carbocycles. The maximum atomic E-state index is 8.70. The minimum atomic E-state index is -0.247. The summed E-state index contributed by atoms with van der Waals surface area (Å²) in [6.07, 6.45) is 9.58. The van der Waals surface area contributed by atoms with Gasteiger partial charge in [0.15, 0.2) is 0 Å². The van der Waals surface area contributed by atoms with Gasteiger partial charge in [-0.1, -0.05) is 36.5 Å². The van der Waals surface area contributed by atoms with Crippen LogP contribution in [-0.2, 0) is 71.1 Å². The summed E-state index contributed by atoms with van der Waals surface area (Å²) in [5.41, 5.74) is 0. The summed E-state index contributed by atoms with van der Waals surface area (Å²) in [6.45, 7) is 33.5. The lowest BCUT2D eigenvalue weighted by molar-refractivity contribution is -0.0809. The van der Waals surface area contributed by atoms with Gasteiger partial charge in [0.2, 0.25) is 0 Å². The van der Waals surface area contributed by atoms with E-state index in [9.17, 15) is 0 Å². The lowest BCUT2D eigenvalue weighted by atomic mass is 10.4. The van der Waals surface area contributed by atoms with Crippen LogP contribution in [0.3, 0.4) is 0 Å². The minimum Gasteiger partial charge on any atom is -0.394 e. The molecular weight excluding hydrogens is 828 g/mol. The van der Waals surface area contributed by atoms with E-state index in [1.165, 1.54) is 0 Å². The smallest absolute Gasteiger partial charge is 0.104 e. The molecule has 0 rings (SSSR count). The molecule has 2 unspecified atom stereocenters. The molecule has 372 valence electrons. The topological polar surface area (TPSA) is 199 Å². The quantitative estimate of drug-likeness (QED) is 0.0594. The van der Waals surface area contributed by atoms with Gasteiger partial charge in [-0.15, -0.1) is 39.5 Å². The number of rotatable bonds is 51. The van der Waals surface area contributed by atoms with Crippen molar-refractivity contribution in [3.05, 3.63) is 75.9 Å². The Hall–Kier alpha value is -2.28. The summed E-state index contributed by atoms with van der Waals surface area (Å²) < 4.78 is 80.4. The minimum absolute atomic E-state index is 0.00852. The zero-order valence-electron chi connectivity index (χ0n) is 38.1. The third-order valence-electron chi connectivity index (χ3n) is 6.80. The fraction of sp³-hybridized carbons (Fsp3) is 0.733. The van der Waals surface area contributed by atoms with Crippen LogP contribution in [0.15, 0.2) is 75.9 Å². The van der Waals surface area contributed by atoms with Crippen molar-refractivity contribution in [1.29, 1.82) is 0 Å². The van der Waals surface area contributed by atoms with Crippen LogP contribution in [0.1, 0.15) is 0 Å². The van der Waals surface area contributed by atoms with Gasteiger partial charge in [0, 0.05) is 0 Å². The van der Waals surface area contributed by atoms with Crippen molar-refractivity contribution in [2.24, 2.45) is 0 Å². The largest absolute Gasteiger partial charge is 0.394 e. The molecule has 18 heteroatoms. The van der Waals surface area contributed by atoms with E-state index in [4.69, 9.17) is 86.4 Å². The van der Waals surface area contributed by atoms with Gasteiger partial charge in [-0.25, -0.2) is 0 Å². The molecule has 2 atom stereocenters. The monoisotopic (exact) mass is 913 g/mol. The molecular formula is C45H84O18. The summed E-state index contributed by atoms with van der Waals surface area (Å²) in [7, 11) is 0. The first kappa shape index (κ1) is 65.0. The Morgan fingerprint density at radius 1 is 0.254 bits per heavy atom. The third kappa shape index (κ3) is 59.7. The van der Waals surface area contributed by atoms with Gasteiger partial charge in [0.05, 0.1) is 198 Å². The molecule has 0 aromatic carbocycles. The van der Waals surface area contributed by atoms with Crippen molar-refractivity contribution in [2.45, 2.75) is 18.3 Å². The highest BCUT2D eigenvalue weighted by molar-refractivity contribution is 4.67. The number of hydrogen-bond donors (Lipinski definition) is 3. The van der Waals surface area contributed by atoms with E-state index in [2.05, 4.69) is 39.5 Å². The molecule has 0 bridgehead atoms. The van der Waals surface area contributed by atoms with Crippen LogP contribution in [0.4, 0.5) is 0 Å². The summed E-state index contributed by atoms with van der Waals surface area (Å²) in [4.78, 5) is 0. The van der Waals surface area contributed by atoms with Crippen LogP contribution >= 0.6 is 0 Å². The SMILES string of the molecule is C=CCOCCOCC(COCCO)OCCO.C=CCOCCOCC(COCCO)OCCOCC=C.C=CCOCCOCC(COCCOCC=C)OCCOCC=C. The van der Waals surface area contributed by atoms with Crippen molar-refractivity contribution in [3.8, 4) is 0 Å². The molecule has 0 aliphatic heterocycles. The predicted octanol–water partition coefficient (Wildman–Crippen LogP) is 2.41. The summed E-state index contributed by atoms with van der Waals surface area (Å²) in [6, 6.07) is 0. The molecule has 0 aromatic rings. The average molecular weight is 913 g/mol. The maximum Gasteiger partial charge on any atom is 0.104 e. The maximum absolute atomic E-state index is 8.70. The Morgan fingerprint density at radius 3 is 0.667 bits per heavy atom. The fourth-order valence-corrected chi connectivity index (χ4v) is 4.09. The third-order valence-corrected chi connectivity index (χ3v) is 6.80. The second-order valence-corrected chi connectivity index (χ2v) is 12.3. The van der Waals surface area contributed by atoms with Crippen LogP contribution in [-0.4, -0.2) is 232 Å². The number of aliphatic hydroxyl groups is 3. The molecule has 0 fully saturated rings. The van der Waals surface area contributed by atoms with Gasteiger partial charge in [0.25, 0.3) is 0 Å². The zero-order chi connectivity index (χ0) is 46.8. The molecule has 18 nitrogen and oxygen atoms in total. The Labute approximate surface area is 378 Å². The predicted molar refractivity (Wildman–Crippen MR) is 241 cm³/mol. The molecule has 0 saturated heterocycles. The van der Waals surface area contributed by atoms with E-state index in [1.807, 2.05) is 0 Å². The van der Waals surface area contributed by atoms with Crippen molar-refractivity contribution < 1.29 is 86.4 Å². The molecule has 0 amide bonds. The van der Waals surface area contributed by atoms with Gasteiger partial charge in [0.1, 0.15) is 18.3 Å². The number of hydrogen-bond acceptors (Lipinski definition) is 18. The van der Waals surface area contributed by atoms with E-state index in [1.54, 1.807) is 36.5 Å². The fourth-order valence-electron chi connectivity index (χ4n) is 4.09. The Kier molecular flexibility index (Phi) is 63.8. The van der Waals surface area contributed by atoms with Crippen LogP contribution < -0.4 is 0 Å². The van der Waals surface area contributed by atoms with E-state index in [0.717, 1.165) is 0 Å². The first-order chi connectivity index (χ1) is 31.0. The van der Waals surface area contributed by atoms with Gasteiger partial charge in [-0.05, 0) is 0 Å². The molecule has 63 heavy (non-hydrogen) atoms. The van der Waals surface area contributed by atoms with Crippen molar-refractivity contribution in [3.63, 3.8) is 0 Å². The van der Waals surface area contributed by atoms with Crippen LogP contribution in [0.5, 0.6) is 0 Å². The highest BCUT2D eigenvalue weighted by Crippen LogP contribution is 1.99. The Morgan fingerprint density at radius 2 is 0.444 bits per heavy atom. The molecule has 0 radical (unpaired) electrons. The first-order valence-corrected chi connectivity index (χ1v) is 21.3. The molecule has 0 aromatic heterocycles. The Balaban J connectivity index is -0.000000866. The highest BCUT2D eigenvalue weighted by atomic mass is 16.6. The molecule has 0 spiro atoms. The van der Waals surface area contributed by atoms with Gasteiger partial charge < -0.3 is 86.4 Å². The van der Waals surface area contributed by atoms with Crippen molar-refractivity contribution in [1.82, 2.24) is 0 Å². The average Bonchev–Trinajstić information content (AvgIpc) is 3.29.